The molecule has 1 aliphatic rings. The van der Waals surface area contributed by atoms with Gasteiger partial charge in [-0.3, -0.25) is 0 Å². The first-order chi connectivity index (χ1) is 8.54. The Morgan fingerprint density at radius 2 is 1.78 bits per heavy atom. The van der Waals surface area contributed by atoms with E-state index in [1.165, 1.54) is 19.3 Å². The molecule has 108 valence electrons. The molecule has 0 amide bonds. The molecule has 0 spiro atoms. The van der Waals surface area contributed by atoms with Gasteiger partial charge in [0.25, 0.3) is 0 Å². The van der Waals surface area contributed by atoms with Gasteiger partial charge in [0, 0.05) is 13.1 Å². The quantitative estimate of drug-likeness (QED) is 0.713. The maximum atomic E-state index is 12.5. The second kappa shape index (κ2) is 8.00. The van der Waals surface area contributed by atoms with E-state index in [-0.39, 0.29) is 12.8 Å². The van der Waals surface area contributed by atoms with Gasteiger partial charge >= 0.3 is 6.18 Å². The molecule has 1 saturated heterocycles. The summed E-state index contributed by atoms with van der Waals surface area (Å²) < 4.78 is 37.4. The molecule has 0 aromatic rings. The standard InChI is InChI=1S/C13H25F3N2/c1-2-3-4-7-17-8-11-18-9-5-12(6-10-18)13(14,15)16/h12,17H,2-11H2,1H3. The second-order valence-electron chi connectivity index (χ2n) is 5.11. The van der Waals surface area contributed by atoms with Crippen LogP contribution in [0.5, 0.6) is 0 Å². The zero-order valence-corrected chi connectivity index (χ0v) is 11.2. The Morgan fingerprint density at radius 3 is 2.33 bits per heavy atom. The molecule has 5 heteroatoms. The molecule has 1 aliphatic heterocycles. The molecule has 2 nitrogen and oxygen atoms in total. The normalized spacial score (nSPS) is 19.3. The van der Waals surface area contributed by atoms with E-state index in [1.54, 1.807) is 0 Å². The van der Waals surface area contributed by atoms with Gasteiger partial charge in [0.1, 0.15) is 0 Å². The van der Waals surface area contributed by atoms with E-state index in [2.05, 4.69) is 17.1 Å². The number of rotatable bonds is 7. The first-order valence-electron chi connectivity index (χ1n) is 7.04. The Hall–Kier alpha value is -0.290. The second-order valence-corrected chi connectivity index (χ2v) is 5.11. The lowest BCUT2D eigenvalue weighted by atomic mass is 9.96. The van der Waals surface area contributed by atoms with Gasteiger partial charge in [0.2, 0.25) is 0 Å². The number of hydrogen-bond donors (Lipinski definition) is 1. The molecule has 1 heterocycles. The summed E-state index contributed by atoms with van der Waals surface area (Å²) in [5.74, 6) is -1.08. The number of nitrogens with zero attached hydrogens (tertiary/aromatic N) is 1. The van der Waals surface area contributed by atoms with Crippen molar-refractivity contribution in [3.8, 4) is 0 Å². The summed E-state index contributed by atoms with van der Waals surface area (Å²) in [6.45, 7) is 6.12. The fourth-order valence-electron chi connectivity index (χ4n) is 2.35. The van der Waals surface area contributed by atoms with Gasteiger partial charge in [0.15, 0.2) is 0 Å². The van der Waals surface area contributed by atoms with E-state index in [1.807, 2.05) is 0 Å². The van der Waals surface area contributed by atoms with Gasteiger partial charge in [-0.25, -0.2) is 0 Å². The molecule has 0 aromatic carbocycles. The molecule has 0 saturated carbocycles. The van der Waals surface area contributed by atoms with E-state index >= 15 is 0 Å². The van der Waals surface area contributed by atoms with Crippen molar-refractivity contribution < 1.29 is 13.2 Å². The SMILES string of the molecule is CCCCCNCCN1CCC(C(F)(F)F)CC1. The van der Waals surface area contributed by atoms with E-state index in [0.717, 1.165) is 19.6 Å². The van der Waals surface area contributed by atoms with Gasteiger partial charge in [-0.2, -0.15) is 13.2 Å². The molecule has 0 atom stereocenters. The van der Waals surface area contributed by atoms with E-state index in [4.69, 9.17) is 0 Å². The third-order valence-electron chi connectivity index (χ3n) is 3.61. The van der Waals surface area contributed by atoms with Crippen LogP contribution in [0.15, 0.2) is 0 Å². The minimum atomic E-state index is -4.00. The molecule has 1 rings (SSSR count). The molecule has 1 N–H and O–H groups in total. The monoisotopic (exact) mass is 266 g/mol. The first-order valence-corrected chi connectivity index (χ1v) is 7.04. The van der Waals surface area contributed by atoms with Crippen LogP contribution in [0.4, 0.5) is 13.2 Å². The summed E-state index contributed by atoms with van der Waals surface area (Å²) in [6.07, 6.45) is 0.173. The summed E-state index contributed by atoms with van der Waals surface area (Å²) in [5, 5.41) is 3.35. The number of alkyl halides is 3. The van der Waals surface area contributed by atoms with Crippen molar-refractivity contribution in [2.45, 2.75) is 45.2 Å². The van der Waals surface area contributed by atoms with Gasteiger partial charge in [-0.05, 0) is 38.9 Å². The van der Waals surface area contributed by atoms with Crippen LogP contribution in [0.2, 0.25) is 0 Å². The van der Waals surface area contributed by atoms with Gasteiger partial charge in [-0.15, -0.1) is 0 Å². The van der Waals surface area contributed by atoms with Crippen LogP contribution < -0.4 is 5.32 Å². The van der Waals surface area contributed by atoms with Crippen LogP contribution in [0.1, 0.15) is 39.0 Å². The number of nitrogens with one attached hydrogen (secondary N) is 1. The Bertz CT molecular complexity index is 211. The Kier molecular flexibility index (Phi) is 7.00. The average molecular weight is 266 g/mol. The third kappa shape index (κ3) is 6.05. The number of unbranched alkanes of at least 4 members (excludes halogenated alkanes) is 2. The average Bonchev–Trinajstić information content (AvgIpc) is 2.33. The summed E-state index contributed by atoms with van der Waals surface area (Å²) in [7, 11) is 0. The van der Waals surface area contributed by atoms with Crippen LogP contribution in [-0.4, -0.2) is 43.8 Å². The van der Waals surface area contributed by atoms with Crippen molar-refractivity contribution >= 4 is 0 Å². The van der Waals surface area contributed by atoms with Crippen molar-refractivity contribution in [3.05, 3.63) is 0 Å². The van der Waals surface area contributed by atoms with Gasteiger partial charge in [-0.1, -0.05) is 19.8 Å². The minimum Gasteiger partial charge on any atom is -0.315 e. The van der Waals surface area contributed by atoms with Gasteiger partial charge in [0.05, 0.1) is 5.92 Å². The maximum Gasteiger partial charge on any atom is 0.391 e. The molecule has 0 bridgehead atoms. The van der Waals surface area contributed by atoms with E-state index in [0.29, 0.717) is 13.1 Å². The Balaban J connectivity index is 2.02. The maximum absolute atomic E-state index is 12.5. The van der Waals surface area contributed by atoms with Gasteiger partial charge < -0.3 is 10.2 Å². The highest BCUT2D eigenvalue weighted by atomic mass is 19.4. The van der Waals surface area contributed by atoms with E-state index in [9.17, 15) is 13.2 Å². The minimum absolute atomic E-state index is 0.263. The Morgan fingerprint density at radius 1 is 1.11 bits per heavy atom. The summed E-state index contributed by atoms with van der Waals surface area (Å²) >= 11 is 0. The highest BCUT2D eigenvalue weighted by Crippen LogP contribution is 2.33. The molecule has 0 aromatic heterocycles. The van der Waals surface area contributed by atoms with Crippen LogP contribution in [0.25, 0.3) is 0 Å². The smallest absolute Gasteiger partial charge is 0.315 e. The number of piperidine rings is 1. The number of likely N-dealkylation sites (tertiary alicyclic amines) is 1. The van der Waals surface area contributed by atoms with Crippen molar-refractivity contribution in [3.63, 3.8) is 0 Å². The van der Waals surface area contributed by atoms with Crippen LogP contribution in [-0.2, 0) is 0 Å². The zero-order chi connectivity index (χ0) is 13.4. The summed E-state index contributed by atoms with van der Waals surface area (Å²) in [4.78, 5) is 2.13. The van der Waals surface area contributed by atoms with E-state index < -0.39 is 12.1 Å². The lowest BCUT2D eigenvalue weighted by Crippen LogP contribution is -2.41. The summed E-state index contributed by atoms with van der Waals surface area (Å²) in [5.41, 5.74) is 0. The molecule has 0 unspecified atom stereocenters. The van der Waals surface area contributed by atoms with Crippen LogP contribution >= 0.6 is 0 Å². The van der Waals surface area contributed by atoms with Crippen LogP contribution in [0.3, 0.4) is 0 Å². The molecule has 1 fully saturated rings. The molecule has 0 aliphatic carbocycles. The Labute approximate surface area is 108 Å². The lowest BCUT2D eigenvalue weighted by molar-refractivity contribution is -0.184. The number of hydrogen-bond acceptors (Lipinski definition) is 2. The van der Waals surface area contributed by atoms with Crippen molar-refractivity contribution in [1.82, 2.24) is 10.2 Å². The summed E-state index contributed by atoms with van der Waals surface area (Å²) in [6, 6.07) is 0. The lowest BCUT2D eigenvalue weighted by Gasteiger charge is -2.32. The third-order valence-corrected chi connectivity index (χ3v) is 3.61. The molecular formula is C13H25F3N2. The largest absolute Gasteiger partial charge is 0.391 e. The predicted molar refractivity (Wildman–Crippen MR) is 67.6 cm³/mol. The first kappa shape index (κ1) is 15.8. The topological polar surface area (TPSA) is 15.3 Å². The fraction of sp³-hybridized carbons (Fsp3) is 1.00. The molecule has 18 heavy (non-hydrogen) atoms. The fourth-order valence-corrected chi connectivity index (χ4v) is 2.35. The van der Waals surface area contributed by atoms with Crippen molar-refractivity contribution in [2.75, 3.05) is 32.7 Å². The van der Waals surface area contributed by atoms with Crippen LogP contribution in [0, 0.1) is 5.92 Å². The van der Waals surface area contributed by atoms with Crippen molar-refractivity contribution in [2.24, 2.45) is 5.92 Å². The van der Waals surface area contributed by atoms with Crippen molar-refractivity contribution in [1.29, 1.82) is 0 Å². The number of halogens is 3. The predicted octanol–water partition coefficient (Wildman–Crippen LogP) is 3.04. The highest BCUT2D eigenvalue weighted by Gasteiger charge is 2.40. The highest BCUT2D eigenvalue weighted by molar-refractivity contribution is 4.77. The molecule has 0 radical (unpaired) electrons. The zero-order valence-electron chi connectivity index (χ0n) is 11.2. The molecular weight excluding hydrogens is 241 g/mol.